The Bertz CT molecular complexity index is 1440. The van der Waals surface area contributed by atoms with Crippen molar-refractivity contribution in [2.24, 2.45) is 0 Å². The van der Waals surface area contributed by atoms with Gasteiger partial charge < -0.3 is 19.6 Å². The van der Waals surface area contributed by atoms with Crippen molar-refractivity contribution < 1.29 is 9.53 Å². The molecule has 1 amide bonds. The van der Waals surface area contributed by atoms with Crippen LogP contribution >= 0.6 is 11.3 Å². The minimum atomic E-state index is -0.509. The molecule has 3 heterocycles. The maximum atomic E-state index is 12.0. The second-order valence-electron chi connectivity index (χ2n) is 8.97. The summed E-state index contributed by atoms with van der Waals surface area (Å²) in [4.78, 5) is 20.3. The highest BCUT2D eigenvalue weighted by molar-refractivity contribution is 7.13. The van der Waals surface area contributed by atoms with Crippen molar-refractivity contribution in [1.82, 2.24) is 19.9 Å². The zero-order valence-corrected chi connectivity index (χ0v) is 19.7. The summed E-state index contributed by atoms with van der Waals surface area (Å²) in [5.74, 6) is 0. The number of alkyl carbamates (subject to hydrolysis) is 1. The number of para-hydroxylation sites is 2. The molecule has 33 heavy (non-hydrogen) atoms. The number of H-pyrrole nitrogens is 1. The van der Waals surface area contributed by atoms with E-state index in [-0.39, 0.29) is 0 Å². The molecule has 168 valence electrons. The number of carbonyl (C=O) groups excluding carboxylic acids is 1. The predicted octanol–water partition coefficient (Wildman–Crippen LogP) is 6.44. The molecule has 0 atom stereocenters. The lowest BCUT2D eigenvalue weighted by atomic mass is 10.1. The highest BCUT2D eigenvalue weighted by Crippen LogP contribution is 2.36. The molecule has 0 aliphatic heterocycles. The Hall–Kier alpha value is -3.58. The maximum Gasteiger partial charge on any atom is 0.407 e. The molecule has 0 unspecified atom stereocenters. The highest BCUT2D eigenvalue weighted by atomic mass is 32.1. The predicted molar refractivity (Wildman–Crippen MR) is 135 cm³/mol. The minimum Gasteiger partial charge on any atom is -0.444 e. The third kappa shape index (κ3) is 4.36. The van der Waals surface area contributed by atoms with Crippen LogP contribution in [0, 0.1) is 0 Å². The van der Waals surface area contributed by atoms with Crippen LogP contribution in [0.3, 0.4) is 0 Å². The van der Waals surface area contributed by atoms with Gasteiger partial charge in [-0.2, -0.15) is 0 Å². The lowest BCUT2D eigenvalue weighted by Gasteiger charge is -2.19. The number of benzene rings is 2. The Morgan fingerprint density at radius 1 is 1.09 bits per heavy atom. The zero-order chi connectivity index (χ0) is 23.0. The normalized spacial score (nSPS) is 11.8. The Morgan fingerprint density at radius 3 is 2.67 bits per heavy atom. The molecule has 5 rings (SSSR count). The van der Waals surface area contributed by atoms with Gasteiger partial charge in [0.05, 0.1) is 5.69 Å². The van der Waals surface area contributed by atoms with Crippen molar-refractivity contribution in [3.8, 4) is 21.8 Å². The van der Waals surface area contributed by atoms with Gasteiger partial charge in [0.25, 0.3) is 0 Å². The fraction of sp³-hybridized carbons (Fsp3) is 0.231. The topological polar surface area (TPSA) is 71.9 Å². The molecule has 2 aromatic carbocycles. The molecule has 0 fully saturated rings. The Kier molecular flexibility index (Phi) is 5.42. The van der Waals surface area contributed by atoms with Crippen LogP contribution < -0.4 is 5.32 Å². The van der Waals surface area contributed by atoms with Crippen molar-refractivity contribution in [2.45, 2.75) is 32.9 Å². The summed E-state index contributed by atoms with van der Waals surface area (Å²) in [5, 5.41) is 8.25. The SMILES string of the molecule is CC(C)(C)OC(=O)NCCn1cc(-c2nc(-c3c[nH]c4ccccc34)cs2)c2ccccc21. The Morgan fingerprint density at radius 2 is 1.85 bits per heavy atom. The summed E-state index contributed by atoms with van der Waals surface area (Å²) >= 11 is 1.64. The van der Waals surface area contributed by atoms with Crippen molar-refractivity contribution in [3.63, 3.8) is 0 Å². The number of ether oxygens (including phenoxy) is 1. The monoisotopic (exact) mass is 458 g/mol. The first-order valence-electron chi connectivity index (χ1n) is 11.0. The number of hydrogen-bond donors (Lipinski definition) is 2. The number of nitrogens with zero attached hydrogens (tertiary/aromatic N) is 2. The van der Waals surface area contributed by atoms with Crippen LogP contribution in [0.15, 0.2) is 66.3 Å². The summed E-state index contributed by atoms with van der Waals surface area (Å²) in [6, 6.07) is 16.6. The lowest BCUT2D eigenvalue weighted by Crippen LogP contribution is -2.34. The molecule has 0 aliphatic rings. The Labute approximate surface area is 196 Å². The first kappa shape index (κ1) is 21.3. The highest BCUT2D eigenvalue weighted by Gasteiger charge is 2.17. The van der Waals surface area contributed by atoms with E-state index in [0.717, 1.165) is 38.2 Å². The van der Waals surface area contributed by atoms with Crippen LogP contribution in [-0.4, -0.2) is 32.8 Å². The molecule has 0 bridgehead atoms. The summed E-state index contributed by atoms with van der Waals surface area (Å²) in [6.45, 7) is 6.69. The molecule has 6 nitrogen and oxygen atoms in total. The van der Waals surface area contributed by atoms with E-state index in [4.69, 9.17) is 9.72 Å². The third-order valence-corrected chi connectivity index (χ3v) is 6.28. The van der Waals surface area contributed by atoms with Crippen LogP contribution in [-0.2, 0) is 11.3 Å². The number of amides is 1. The van der Waals surface area contributed by atoms with Crippen LogP contribution in [0.2, 0.25) is 0 Å². The molecule has 0 aliphatic carbocycles. The van der Waals surface area contributed by atoms with Gasteiger partial charge in [0.1, 0.15) is 10.6 Å². The number of rotatable bonds is 5. The second-order valence-corrected chi connectivity index (χ2v) is 9.83. The van der Waals surface area contributed by atoms with Crippen molar-refractivity contribution in [3.05, 3.63) is 66.3 Å². The maximum absolute atomic E-state index is 12.0. The first-order chi connectivity index (χ1) is 15.9. The van der Waals surface area contributed by atoms with Gasteiger partial charge in [-0.15, -0.1) is 11.3 Å². The number of aromatic nitrogens is 3. The zero-order valence-electron chi connectivity index (χ0n) is 18.9. The number of fused-ring (bicyclic) bond motifs is 2. The van der Waals surface area contributed by atoms with Crippen LogP contribution in [0.25, 0.3) is 43.6 Å². The minimum absolute atomic E-state index is 0.400. The van der Waals surface area contributed by atoms with Gasteiger partial charge in [-0.25, -0.2) is 9.78 Å². The fourth-order valence-electron chi connectivity index (χ4n) is 4.00. The van der Waals surface area contributed by atoms with E-state index in [9.17, 15) is 4.79 Å². The lowest BCUT2D eigenvalue weighted by molar-refractivity contribution is 0.0526. The van der Waals surface area contributed by atoms with Gasteiger partial charge in [-0.05, 0) is 32.9 Å². The quantitative estimate of drug-likeness (QED) is 0.318. The molecular formula is C26H26N4O2S. The number of hydrogen-bond acceptors (Lipinski definition) is 4. The second kappa shape index (κ2) is 8.41. The van der Waals surface area contributed by atoms with Gasteiger partial charge in [-0.3, -0.25) is 0 Å². The van der Waals surface area contributed by atoms with Gasteiger partial charge >= 0.3 is 6.09 Å². The molecule has 0 radical (unpaired) electrons. The largest absolute Gasteiger partial charge is 0.444 e. The van der Waals surface area contributed by atoms with Crippen molar-refractivity contribution >= 4 is 39.2 Å². The molecule has 0 saturated heterocycles. The van der Waals surface area contributed by atoms with Crippen molar-refractivity contribution in [2.75, 3.05) is 6.54 Å². The summed E-state index contributed by atoms with van der Waals surface area (Å²) in [5.41, 5.74) is 4.89. The van der Waals surface area contributed by atoms with E-state index in [1.54, 1.807) is 11.3 Å². The number of nitrogens with one attached hydrogen (secondary N) is 2. The van der Waals surface area contributed by atoms with E-state index in [1.165, 1.54) is 5.39 Å². The number of carbonyl (C=O) groups is 1. The van der Waals surface area contributed by atoms with Gasteiger partial charge in [0.15, 0.2) is 0 Å². The fourth-order valence-corrected chi connectivity index (χ4v) is 4.84. The van der Waals surface area contributed by atoms with E-state index in [2.05, 4.69) is 50.7 Å². The number of aromatic amines is 1. The summed E-state index contributed by atoms with van der Waals surface area (Å²) < 4.78 is 7.50. The molecule has 2 N–H and O–H groups in total. The smallest absolute Gasteiger partial charge is 0.407 e. The average molecular weight is 459 g/mol. The molecule has 7 heteroatoms. The van der Waals surface area contributed by atoms with Gasteiger partial charge in [0, 0.05) is 63.8 Å². The van der Waals surface area contributed by atoms with Crippen LogP contribution in [0.1, 0.15) is 20.8 Å². The summed E-state index contributed by atoms with van der Waals surface area (Å²) in [6.07, 6.45) is 3.75. The van der Waals surface area contributed by atoms with Crippen LogP contribution in [0.4, 0.5) is 4.79 Å². The van der Waals surface area contributed by atoms with E-state index in [0.29, 0.717) is 13.1 Å². The molecule has 5 aromatic rings. The van der Waals surface area contributed by atoms with E-state index < -0.39 is 11.7 Å². The molecule has 0 spiro atoms. The molecule has 0 saturated carbocycles. The van der Waals surface area contributed by atoms with E-state index >= 15 is 0 Å². The Balaban J connectivity index is 1.41. The first-order valence-corrected chi connectivity index (χ1v) is 11.8. The van der Waals surface area contributed by atoms with Crippen molar-refractivity contribution in [1.29, 1.82) is 0 Å². The van der Waals surface area contributed by atoms with E-state index in [1.807, 2.05) is 51.2 Å². The molecule has 3 aromatic heterocycles. The van der Waals surface area contributed by atoms with Gasteiger partial charge in [0.2, 0.25) is 0 Å². The number of thiazole rings is 1. The standard InChI is InChI=1S/C26H26N4O2S/c1-26(2,3)32-25(31)27-12-13-30-15-20(18-9-5-7-11-23(18)30)24-29-22(16-33-24)19-14-28-21-10-6-4-8-17(19)21/h4-11,14-16,28H,12-13H2,1-3H3,(H,27,31). The third-order valence-electron chi connectivity index (χ3n) is 5.41. The summed E-state index contributed by atoms with van der Waals surface area (Å²) in [7, 11) is 0. The van der Waals surface area contributed by atoms with Crippen LogP contribution in [0.5, 0.6) is 0 Å². The average Bonchev–Trinajstić information content (AvgIpc) is 3.49. The van der Waals surface area contributed by atoms with Gasteiger partial charge in [-0.1, -0.05) is 36.4 Å². The molecular weight excluding hydrogens is 432 g/mol.